The Morgan fingerprint density at radius 2 is 1.62 bits per heavy atom. The minimum absolute atomic E-state index is 0.542. The van der Waals surface area contributed by atoms with Crippen LogP contribution >= 0.6 is 15.9 Å². The number of hydrogen-bond acceptors (Lipinski definition) is 2. The fraction of sp³-hybridized carbons (Fsp3) is 0.333. The standard InChI is InChI=1S/C18H21BrO2/c1-13(2)16-7-4-14(5-8-16)12-21-18-10-15(11-19)6-9-17(18)20-3/h4-10,13H,11-12H2,1-3H3. The third-order valence-corrected chi connectivity index (χ3v) is 4.07. The minimum atomic E-state index is 0.542. The minimum Gasteiger partial charge on any atom is -0.493 e. The summed E-state index contributed by atoms with van der Waals surface area (Å²) in [7, 11) is 1.66. The van der Waals surface area contributed by atoms with Gasteiger partial charge in [0.25, 0.3) is 0 Å². The molecule has 0 saturated carbocycles. The molecule has 0 aliphatic heterocycles. The normalized spacial score (nSPS) is 10.7. The first-order valence-corrected chi connectivity index (χ1v) is 8.20. The van der Waals surface area contributed by atoms with Gasteiger partial charge in [0.15, 0.2) is 11.5 Å². The van der Waals surface area contributed by atoms with E-state index in [1.165, 1.54) is 11.1 Å². The van der Waals surface area contributed by atoms with Gasteiger partial charge in [0.2, 0.25) is 0 Å². The van der Waals surface area contributed by atoms with Crippen LogP contribution < -0.4 is 9.47 Å². The van der Waals surface area contributed by atoms with E-state index in [-0.39, 0.29) is 0 Å². The molecular weight excluding hydrogens is 328 g/mol. The molecule has 0 unspecified atom stereocenters. The Labute approximate surface area is 135 Å². The van der Waals surface area contributed by atoms with Gasteiger partial charge < -0.3 is 9.47 Å². The van der Waals surface area contributed by atoms with Gasteiger partial charge in [-0.3, -0.25) is 0 Å². The number of ether oxygens (including phenoxy) is 2. The predicted octanol–water partition coefficient (Wildman–Crippen LogP) is 5.29. The highest BCUT2D eigenvalue weighted by Gasteiger charge is 2.06. The van der Waals surface area contributed by atoms with Crippen LogP contribution in [0.4, 0.5) is 0 Å². The zero-order valence-electron chi connectivity index (χ0n) is 12.7. The molecule has 2 aromatic rings. The molecule has 2 aromatic carbocycles. The first kappa shape index (κ1) is 15.9. The molecule has 0 bridgehead atoms. The molecule has 0 saturated heterocycles. The Morgan fingerprint density at radius 3 is 2.19 bits per heavy atom. The lowest BCUT2D eigenvalue weighted by Gasteiger charge is -2.12. The monoisotopic (exact) mass is 348 g/mol. The molecule has 0 aromatic heterocycles. The van der Waals surface area contributed by atoms with Gasteiger partial charge in [-0.05, 0) is 34.7 Å². The molecule has 0 fully saturated rings. The van der Waals surface area contributed by atoms with E-state index < -0.39 is 0 Å². The molecule has 0 atom stereocenters. The molecule has 0 spiro atoms. The highest BCUT2D eigenvalue weighted by molar-refractivity contribution is 9.08. The maximum Gasteiger partial charge on any atom is 0.161 e. The molecule has 0 aliphatic carbocycles. The van der Waals surface area contributed by atoms with Crippen molar-refractivity contribution in [3.05, 3.63) is 59.2 Å². The summed E-state index contributed by atoms with van der Waals surface area (Å²) in [6.45, 7) is 4.94. The molecule has 112 valence electrons. The zero-order chi connectivity index (χ0) is 15.2. The SMILES string of the molecule is COc1ccc(CBr)cc1OCc1ccc(C(C)C)cc1. The summed E-state index contributed by atoms with van der Waals surface area (Å²) in [5, 5.41) is 0.802. The average molecular weight is 349 g/mol. The van der Waals surface area contributed by atoms with Crippen molar-refractivity contribution in [2.75, 3.05) is 7.11 Å². The lowest BCUT2D eigenvalue weighted by Crippen LogP contribution is -1.99. The summed E-state index contributed by atoms with van der Waals surface area (Å²) < 4.78 is 11.3. The second-order valence-corrected chi connectivity index (χ2v) is 5.86. The van der Waals surface area contributed by atoms with Gasteiger partial charge in [-0.15, -0.1) is 0 Å². The van der Waals surface area contributed by atoms with Gasteiger partial charge in [-0.1, -0.05) is 60.1 Å². The van der Waals surface area contributed by atoms with Crippen LogP contribution in [0.25, 0.3) is 0 Å². The molecule has 3 heteroatoms. The maximum absolute atomic E-state index is 5.91. The van der Waals surface area contributed by atoms with Gasteiger partial charge in [0.05, 0.1) is 7.11 Å². The zero-order valence-corrected chi connectivity index (χ0v) is 14.3. The summed E-state index contributed by atoms with van der Waals surface area (Å²) in [6.07, 6.45) is 0. The van der Waals surface area contributed by atoms with Crippen molar-refractivity contribution < 1.29 is 9.47 Å². The fourth-order valence-corrected chi connectivity index (χ4v) is 2.43. The molecule has 0 radical (unpaired) electrons. The largest absolute Gasteiger partial charge is 0.493 e. The van der Waals surface area contributed by atoms with Gasteiger partial charge in [-0.2, -0.15) is 0 Å². The van der Waals surface area contributed by atoms with Crippen LogP contribution in [0.1, 0.15) is 36.5 Å². The van der Waals surface area contributed by atoms with Gasteiger partial charge in [0.1, 0.15) is 6.61 Å². The highest BCUT2D eigenvalue weighted by Crippen LogP contribution is 2.29. The van der Waals surface area contributed by atoms with Gasteiger partial charge >= 0.3 is 0 Å². The highest BCUT2D eigenvalue weighted by atomic mass is 79.9. The molecule has 0 aliphatic rings. The third kappa shape index (κ3) is 4.24. The summed E-state index contributed by atoms with van der Waals surface area (Å²) in [6, 6.07) is 14.5. The predicted molar refractivity (Wildman–Crippen MR) is 90.5 cm³/mol. The van der Waals surface area contributed by atoms with Crippen molar-refractivity contribution in [1.29, 1.82) is 0 Å². The Kier molecular flexibility index (Phi) is 5.68. The summed E-state index contributed by atoms with van der Waals surface area (Å²) in [4.78, 5) is 0. The van der Waals surface area contributed by atoms with Crippen molar-refractivity contribution in [3.63, 3.8) is 0 Å². The topological polar surface area (TPSA) is 18.5 Å². The lowest BCUT2D eigenvalue weighted by atomic mass is 10.0. The number of methoxy groups -OCH3 is 1. The van der Waals surface area contributed by atoms with Crippen LogP contribution in [0.2, 0.25) is 0 Å². The van der Waals surface area contributed by atoms with E-state index in [2.05, 4.69) is 54.0 Å². The second kappa shape index (κ2) is 7.51. The number of benzene rings is 2. The van der Waals surface area contributed by atoms with Gasteiger partial charge in [0, 0.05) is 5.33 Å². The number of hydrogen-bond donors (Lipinski definition) is 0. The number of rotatable bonds is 6. The van der Waals surface area contributed by atoms with E-state index >= 15 is 0 Å². The van der Waals surface area contributed by atoms with Crippen LogP contribution in [0, 0.1) is 0 Å². The lowest BCUT2D eigenvalue weighted by molar-refractivity contribution is 0.284. The molecule has 0 amide bonds. The van der Waals surface area contributed by atoms with Crippen molar-refractivity contribution in [1.82, 2.24) is 0 Å². The van der Waals surface area contributed by atoms with Gasteiger partial charge in [-0.25, -0.2) is 0 Å². The smallest absolute Gasteiger partial charge is 0.161 e. The molecule has 2 rings (SSSR count). The molecule has 0 N–H and O–H groups in total. The van der Waals surface area contributed by atoms with Crippen LogP contribution in [-0.2, 0) is 11.9 Å². The van der Waals surface area contributed by atoms with Crippen molar-refractivity contribution in [3.8, 4) is 11.5 Å². The molecule has 2 nitrogen and oxygen atoms in total. The number of alkyl halides is 1. The van der Waals surface area contributed by atoms with Crippen molar-refractivity contribution >= 4 is 15.9 Å². The van der Waals surface area contributed by atoms with E-state index in [0.717, 1.165) is 22.4 Å². The van der Waals surface area contributed by atoms with E-state index in [9.17, 15) is 0 Å². The Hall–Kier alpha value is -1.48. The summed E-state index contributed by atoms with van der Waals surface area (Å²) in [5.74, 6) is 2.09. The Bertz CT molecular complexity index is 576. The molecule has 21 heavy (non-hydrogen) atoms. The summed E-state index contributed by atoms with van der Waals surface area (Å²) >= 11 is 3.46. The van der Waals surface area contributed by atoms with Crippen LogP contribution in [-0.4, -0.2) is 7.11 Å². The summed E-state index contributed by atoms with van der Waals surface area (Å²) in [5.41, 5.74) is 3.67. The van der Waals surface area contributed by atoms with Crippen LogP contribution in [0.15, 0.2) is 42.5 Å². The van der Waals surface area contributed by atoms with Crippen LogP contribution in [0.3, 0.4) is 0 Å². The van der Waals surface area contributed by atoms with E-state index in [0.29, 0.717) is 12.5 Å². The molecular formula is C18H21BrO2. The average Bonchev–Trinajstić information content (AvgIpc) is 2.52. The van der Waals surface area contributed by atoms with E-state index in [4.69, 9.17) is 9.47 Å². The fourth-order valence-electron chi connectivity index (χ4n) is 2.08. The Balaban J connectivity index is 2.08. The second-order valence-electron chi connectivity index (χ2n) is 5.30. The number of halogens is 1. The van der Waals surface area contributed by atoms with Crippen LogP contribution in [0.5, 0.6) is 11.5 Å². The van der Waals surface area contributed by atoms with E-state index in [1.54, 1.807) is 7.11 Å². The quantitative estimate of drug-likeness (QED) is 0.660. The van der Waals surface area contributed by atoms with E-state index in [1.807, 2.05) is 18.2 Å². The first-order valence-electron chi connectivity index (χ1n) is 7.08. The Morgan fingerprint density at radius 1 is 0.952 bits per heavy atom. The first-order chi connectivity index (χ1) is 10.1. The van der Waals surface area contributed by atoms with Crippen molar-refractivity contribution in [2.45, 2.75) is 31.7 Å². The van der Waals surface area contributed by atoms with Crippen molar-refractivity contribution in [2.24, 2.45) is 0 Å². The molecule has 0 heterocycles. The maximum atomic E-state index is 5.91. The third-order valence-electron chi connectivity index (χ3n) is 3.42.